The van der Waals surface area contributed by atoms with Crippen LogP contribution in [0.3, 0.4) is 0 Å². The molecule has 0 bridgehead atoms. The minimum absolute atomic E-state index is 0. The highest BCUT2D eigenvalue weighted by Crippen LogP contribution is 2.13. The Morgan fingerprint density at radius 3 is 2.53 bits per heavy atom. The first-order valence-electron chi connectivity index (χ1n) is 9.81. The van der Waals surface area contributed by atoms with E-state index in [1.54, 1.807) is 13.2 Å². The van der Waals surface area contributed by atoms with E-state index < -0.39 is 0 Å². The second kappa shape index (κ2) is 12.5. The fourth-order valence-corrected chi connectivity index (χ4v) is 3.15. The molecule has 2 N–H and O–H groups in total. The van der Waals surface area contributed by atoms with Gasteiger partial charge in [-0.25, -0.2) is 9.67 Å². The molecular weight excluding hydrogens is 511 g/mol. The highest BCUT2D eigenvalue weighted by molar-refractivity contribution is 14.0. The fourth-order valence-electron chi connectivity index (χ4n) is 3.04. The molecule has 0 atom stereocenters. The van der Waals surface area contributed by atoms with E-state index in [0.29, 0.717) is 5.15 Å². The molecule has 0 fully saturated rings. The quantitative estimate of drug-likeness (QED) is 0.148. The molecule has 0 unspecified atom stereocenters. The summed E-state index contributed by atoms with van der Waals surface area (Å²) in [4.78, 5) is 8.38. The van der Waals surface area contributed by atoms with Crippen molar-refractivity contribution < 1.29 is 0 Å². The Bertz CT molecular complexity index is 925. The van der Waals surface area contributed by atoms with Gasteiger partial charge in [0.2, 0.25) is 0 Å². The van der Waals surface area contributed by atoms with Crippen LogP contribution in [-0.2, 0) is 12.8 Å². The van der Waals surface area contributed by atoms with Gasteiger partial charge in [-0.1, -0.05) is 35.9 Å². The van der Waals surface area contributed by atoms with Crippen molar-refractivity contribution in [2.45, 2.75) is 26.2 Å². The zero-order chi connectivity index (χ0) is 20.5. The minimum atomic E-state index is 0. The van der Waals surface area contributed by atoms with Crippen molar-refractivity contribution in [3.05, 3.63) is 76.8 Å². The molecule has 0 saturated carbocycles. The Morgan fingerprint density at radius 2 is 1.83 bits per heavy atom. The lowest BCUT2D eigenvalue weighted by Gasteiger charge is -2.11. The van der Waals surface area contributed by atoms with Crippen LogP contribution in [0.5, 0.6) is 0 Å². The van der Waals surface area contributed by atoms with Crippen LogP contribution in [0, 0.1) is 6.92 Å². The number of aromatic nitrogens is 3. The Hall–Kier alpha value is -2.13. The summed E-state index contributed by atoms with van der Waals surface area (Å²) in [7, 11) is 1.78. The predicted octanol–water partition coefficient (Wildman–Crippen LogP) is 4.19. The monoisotopic (exact) mass is 538 g/mol. The number of pyridine rings is 1. The van der Waals surface area contributed by atoms with Crippen LogP contribution in [0.25, 0.3) is 5.69 Å². The highest BCUT2D eigenvalue weighted by Gasteiger charge is 2.06. The lowest BCUT2D eigenvalue weighted by atomic mass is 10.1. The van der Waals surface area contributed by atoms with Gasteiger partial charge in [0.25, 0.3) is 0 Å². The van der Waals surface area contributed by atoms with Gasteiger partial charge in [-0.05, 0) is 55.5 Å². The van der Waals surface area contributed by atoms with E-state index in [1.165, 1.54) is 5.56 Å². The molecule has 0 radical (unpaired) electrons. The second-order valence-corrected chi connectivity index (χ2v) is 7.18. The molecule has 160 valence electrons. The van der Waals surface area contributed by atoms with Crippen molar-refractivity contribution in [3.8, 4) is 5.69 Å². The first kappa shape index (κ1) is 24.1. The van der Waals surface area contributed by atoms with Gasteiger partial charge < -0.3 is 10.6 Å². The van der Waals surface area contributed by atoms with Crippen molar-refractivity contribution in [2.24, 2.45) is 4.99 Å². The average molecular weight is 539 g/mol. The maximum atomic E-state index is 5.81. The number of para-hydroxylation sites is 1. The van der Waals surface area contributed by atoms with Crippen molar-refractivity contribution in [3.63, 3.8) is 0 Å². The molecule has 6 nitrogen and oxygen atoms in total. The number of rotatable bonds is 8. The molecule has 30 heavy (non-hydrogen) atoms. The van der Waals surface area contributed by atoms with E-state index >= 15 is 0 Å². The Morgan fingerprint density at radius 1 is 1.07 bits per heavy atom. The summed E-state index contributed by atoms with van der Waals surface area (Å²) in [5, 5.41) is 11.8. The number of nitrogens with one attached hydrogen (secondary N) is 2. The summed E-state index contributed by atoms with van der Waals surface area (Å²) in [5.74, 6) is 0.809. The third-order valence-corrected chi connectivity index (χ3v) is 4.88. The third-order valence-electron chi connectivity index (χ3n) is 4.66. The number of guanidine groups is 1. The predicted molar refractivity (Wildman–Crippen MR) is 134 cm³/mol. The molecular formula is C22H28ClIN6. The lowest BCUT2D eigenvalue weighted by molar-refractivity contribution is 0.737. The van der Waals surface area contributed by atoms with Crippen LogP contribution in [0.4, 0.5) is 0 Å². The first-order chi connectivity index (χ1) is 14.2. The molecule has 2 heterocycles. The maximum absolute atomic E-state index is 5.81. The van der Waals surface area contributed by atoms with E-state index in [-0.39, 0.29) is 24.0 Å². The summed E-state index contributed by atoms with van der Waals surface area (Å²) in [6.45, 7) is 3.69. The topological polar surface area (TPSA) is 67.1 Å². The number of aryl methyl sites for hydroxylation is 2. The number of benzene rings is 1. The normalized spacial score (nSPS) is 11.1. The van der Waals surface area contributed by atoms with E-state index in [1.807, 2.05) is 35.0 Å². The molecule has 8 heteroatoms. The summed E-state index contributed by atoms with van der Waals surface area (Å²) in [5.41, 5.74) is 4.57. The number of aliphatic imine (C=N–C) groups is 1. The molecule has 0 spiro atoms. The standard InChI is InChI=1S/C22H27ClN6.HI/c1-17-19(16-29(28-17)20-8-4-3-5-9-20)7-6-13-25-22(24-2)26-14-12-18-10-11-21(23)27-15-18;/h3-5,8-11,15-16H,6-7,12-14H2,1-2H3,(H2,24,25,26);1H. The molecule has 0 amide bonds. The maximum Gasteiger partial charge on any atom is 0.190 e. The first-order valence-corrected chi connectivity index (χ1v) is 10.2. The largest absolute Gasteiger partial charge is 0.356 e. The second-order valence-electron chi connectivity index (χ2n) is 6.79. The minimum Gasteiger partial charge on any atom is -0.356 e. The summed E-state index contributed by atoms with van der Waals surface area (Å²) in [6.07, 6.45) is 6.76. The SMILES string of the molecule is CN=C(NCCCc1cn(-c2ccccc2)nc1C)NCCc1ccc(Cl)nc1.I. The van der Waals surface area contributed by atoms with Gasteiger partial charge in [-0.2, -0.15) is 5.10 Å². The Kier molecular flexibility index (Phi) is 10.1. The Labute approximate surface area is 200 Å². The molecule has 1 aromatic carbocycles. The zero-order valence-electron chi connectivity index (χ0n) is 17.3. The van der Waals surface area contributed by atoms with Gasteiger partial charge in [-0.3, -0.25) is 4.99 Å². The van der Waals surface area contributed by atoms with Crippen molar-refractivity contribution in [1.29, 1.82) is 0 Å². The van der Waals surface area contributed by atoms with Crippen molar-refractivity contribution in [1.82, 2.24) is 25.4 Å². The molecule has 3 aromatic rings. The van der Waals surface area contributed by atoms with E-state index in [2.05, 4.69) is 51.0 Å². The molecule has 3 rings (SSSR count). The Balaban J connectivity index is 0.00000320. The van der Waals surface area contributed by atoms with E-state index in [4.69, 9.17) is 11.6 Å². The van der Waals surface area contributed by atoms with Crippen LogP contribution in [0.15, 0.2) is 59.9 Å². The number of hydrogen-bond donors (Lipinski definition) is 2. The number of halogens is 2. The third kappa shape index (κ3) is 7.28. The smallest absolute Gasteiger partial charge is 0.190 e. The summed E-state index contributed by atoms with van der Waals surface area (Å²) < 4.78 is 1.95. The molecule has 2 aromatic heterocycles. The van der Waals surface area contributed by atoms with Gasteiger partial charge in [0.05, 0.1) is 11.4 Å². The van der Waals surface area contributed by atoms with Gasteiger partial charge >= 0.3 is 0 Å². The van der Waals surface area contributed by atoms with Crippen molar-refractivity contribution >= 4 is 41.5 Å². The molecule has 0 aliphatic heterocycles. The highest BCUT2D eigenvalue weighted by atomic mass is 127. The molecule has 0 aliphatic rings. The van der Waals surface area contributed by atoms with Crippen LogP contribution >= 0.6 is 35.6 Å². The van der Waals surface area contributed by atoms with Crippen molar-refractivity contribution in [2.75, 3.05) is 20.1 Å². The fraction of sp³-hybridized carbons (Fsp3) is 0.318. The van der Waals surface area contributed by atoms with E-state index in [9.17, 15) is 0 Å². The van der Waals surface area contributed by atoms with Gasteiger partial charge in [0, 0.05) is 32.5 Å². The van der Waals surface area contributed by atoms with Crippen LogP contribution < -0.4 is 10.6 Å². The summed E-state index contributed by atoms with van der Waals surface area (Å²) in [6, 6.07) is 14.0. The average Bonchev–Trinajstić information content (AvgIpc) is 3.12. The van der Waals surface area contributed by atoms with Crippen LogP contribution in [0.1, 0.15) is 23.2 Å². The lowest BCUT2D eigenvalue weighted by Crippen LogP contribution is -2.38. The zero-order valence-corrected chi connectivity index (χ0v) is 20.4. The van der Waals surface area contributed by atoms with Crippen LogP contribution in [0.2, 0.25) is 5.15 Å². The van der Waals surface area contributed by atoms with Gasteiger partial charge in [-0.15, -0.1) is 24.0 Å². The molecule has 0 saturated heterocycles. The van der Waals surface area contributed by atoms with Gasteiger partial charge in [0.1, 0.15) is 5.15 Å². The van der Waals surface area contributed by atoms with Crippen LogP contribution in [-0.4, -0.2) is 40.9 Å². The van der Waals surface area contributed by atoms with Gasteiger partial charge in [0.15, 0.2) is 5.96 Å². The number of nitrogens with zero attached hydrogens (tertiary/aromatic N) is 4. The number of hydrogen-bond acceptors (Lipinski definition) is 3. The summed E-state index contributed by atoms with van der Waals surface area (Å²) >= 11 is 5.81. The molecule has 0 aliphatic carbocycles. The van der Waals surface area contributed by atoms with E-state index in [0.717, 1.165) is 55.3 Å².